The Morgan fingerprint density at radius 2 is 2.16 bits per heavy atom. The van der Waals surface area contributed by atoms with Crippen molar-refractivity contribution in [2.75, 3.05) is 0 Å². The first-order valence-corrected chi connectivity index (χ1v) is 6.88. The highest BCUT2D eigenvalue weighted by Crippen LogP contribution is 2.31. The lowest BCUT2D eigenvalue weighted by molar-refractivity contribution is 0.568. The Kier molecular flexibility index (Phi) is 2.28. The van der Waals surface area contributed by atoms with Gasteiger partial charge in [0.25, 0.3) is 0 Å². The largest absolute Gasteiger partial charge is 0.472 e. The molecule has 0 unspecified atom stereocenters. The van der Waals surface area contributed by atoms with Crippen molar-refractivity contribution in [2.45, 2.75) is 0 Å². The number of pyridine rings is 1. The first-order chi connectivity index (χ1) is 9.42. The minimum atomic E-state index is 0.898. The van der Waals surface area contributed by atoms with Crippen LogP contribution in [0.5, 0.6) is 0 Å². The lowest BCUT2D eigenvalue weighted by atomic mass is 10.1. The molecule has 4 heteroatoms. The highest BCUT2D eigenvalue weighted by Gasteiger charge is 2.09. The molecule has 0 spiro atoms. The Bertz CT molecular complexity index is 813. The molecule has 0 saturated heterocycles. The fraction of sp³-hybridized carbons (Fsp3) is 0. The molecule has 0 radical (unpaired) electrons. The Hall–Kier alpha value is -2.33. The summed E-state index contributed by atoms with van der Waals surface area (Å²) >= 11 is 1.69. The Morgan fingerprint density at radius 3 is 2.95 bits per heavy atom. The topological polar surface area (TPSA) is 41.8 Å². The molecule has 0 aliphatic carbocycles. The van der Waals surface area contributed by atoms with Gasteiger partial charge in [0, 0.05) is 34.5 Å². The number of nitrogens with zero attached hydrogens (tertiary/aromatic N) is 1. The molecule has 0 bridgehead atoms. The summed E-state index contributed by atoms with van der Waals surface area (Å²) in [6.45, 7) is 0. The van der Waals surface area contributed by atoms with E-state index in [0.717, 1.165) is 27.7 Å². The second kappa shape index (κ2) is 4.10. The molecule has 4 heterocycles. The van der Waals surface area contributed by atoms with E-state index in [-0.39, 0.29) is 0 Å². The molecule has 0 aliphatic heterocycles. The van der Waals surface area contributed by atoms with Crippen LogP contribution in [0.2, 0.25) is 0 Å². The summed E-state index contributed by atoms with van der Waals surface area (Å²) in [5.41, 5.74) is 5.43. The van der Waals surface area contributed by atoms with Crippen molar-refractivity contribution in [3.63, 3.8) is 0 Å². The second-order valence-electron chi connectivity index (χ2n) is 4.35. The van der Waals surface area contributed by atoms with Crippen molar-refractivity contribution in [1.29, 1.82) is 0 Å². The second-order valence-corrected chi connectivity index (χ2v) is 5.13. The highest BCUT2D eigenvalue weighted by atomic mass is 32.1. The molecule has 4 aromatic rings. The van der Waals surface area contributed by atoms with Crippen LogP contribution in [0.15, 0.2) is 58.3 Å². The molecule has 3 nitrogen and oxygen atoms in total. The van der Waals surface area contributed by atoms with E-state index < -0.39 is 0 Å². The zero-order valence-electron chi connectivity index (χ0n) is 9.96. The number of thiophene rings is 1. The van der Waals surface area contributed by atoms with Crippen LogP contribution >= 0.6 is 11.3 Å². The third kappa shape index (κ3) is 1.69. The summed E-state index contributed by atoms with van der Waals surface area (Å²) in [7, 11) is 0. The van der Waals surface area contributed by atoms with Crippen LogP contribution in [0.1, 0.15) is 0 Å². The Labute approximate surface area is 113 Å². The summed E-state index contributed by atoms with van der Waals surface area (Å²) in [4.78, 5) is 7.68. The summed E-state index contributed by atoms with van der Waals surface area (Å²) in [5.74, 6) is 0. The number of furan rings is 1. The summed E-state index contributed by atoms with van der Waals surface area (Å²) in [6.07, 6.45) is 7.31. The lowest BCUT2D eigenvalue weighted by Crippen LogP contribution is -1.80. The third-order valence-corrected chi connectivity index (χ3v) is 3.90. The van der Waals surface area contributed by atoms with Crippen LogP contribution in [-0.4, -0.2) is 9.97 Å². The average molecular weight is 266 g/mol. The van der Waals surface area contributed by atoms with Crippen LogP contribution < -0.4 is 0 Å². The van der Waals surface area contributed by atoms with Gasteiger partial charge in [-0.15, -0.1) is 0 Å². The van der Waals surface area contributed by atoms with E-state index in [0.29, 0.717) is 0 Å². The first kappa shape index (κ1) is 10.6. The quantitative estimate of drug-likeness (QED) is 0.578. The van der Waals surface area contributed by atoms with E-state index in [4.69, 9.17) is 4.42 Å². The average Bonchev–Trinajstić information content (AvgIpc) is 3.18. The Morgan fingerprint density at radius 1 is 1.16 bits per heavy atom. The van der Waals surface area contributed by atoms with Crippen LogP contribution in [0.4, 0.5) is 0 Å². The number of aromatic amines is 1. The summed E-state index contributed by atoms with van der Waals surface area (Å²) in [6, 6.07) is 6.24. The number of nitrogens with one attached hydrogen (secondary N) is 1. The predicted octanol–water partition coefficient (Wildman–Crippen LogP) is 4.55. The van der Waals surface area contributed by atoms with Gasteiger partial charge in [-0.3, -0.25) is 0 Å². The zero-order chi connectivity index (χ0) is 12.7. The zero-order valence-corrected chi connectivity index (χ0v) is 10.8. The molecule has 0 saturated carbocycles. The molecule has 0 fully saturated rings. The molecule has 4 rings (SSSR count). The summed E-state index contributed by atoms with van der Waals surface area (Å²) < 4.78 is 5.16. The van der Waals surface area contributed by atoms with Gasteiger partial charge in [-0.05, 0) is 34.5 Å². The number of hydrogen-bond acceptors (Lipinski definition) is 3. The minimum absolute atomic E-state index is 0.898. The van der Waals surface area contributed by atoms with Crippen LogP contribution in [-0.2, 0) is 0 Å². The number of fused-ring (bicyclic) bond motifs is 1. The van der Waals surface area contributed by atoms with E-state index in [2.05, 4.69) is 32.9 Å². The Balaban J connectivity index is 1.95. The third-order valence-electron chi connectivity index (χ3n) is 3.22. The molecule has 0 aliphatic rings. The van der Waals surface area contributed by atoms with Crippen molar-refractivity contribution in [1.82, 2.24) is 9.97 Å². The lowest BCUT2D eigenvalue weighted by Gasteiger charge is -1.99. The van der Waals surface area contributed by atoms with E-state index in [9.17, 15) is 0 Å². The van der Waals surface area contributed by atoms with Crippen LogP contribution in [0, 0.1) is 0 Å². The van der Waals surface area contributed by atoms with Gasteiger partial charge >= 0.3 is 0 Å². The molecule has 19 heavy (non-hydrogen) atoms. The van der Waals surface area contributed by atoms with Crippen molar-refractivity contribution in [3.05, 3.63) is 53.9 Å². The van der Waals surface area contributed by atoms with Crippen LogP contribution in [0.3, 0.4) is 0 Å². The van der Waals surface area contributed by atoms with Crippen LogP contribution in [0.25, 0.3) is 33.3 Å². The van der Waals surface area contributed by atoms with Crippen molar-refractivity contribution < 1.29 is 4.42 Å². The molecule has 0 atom stereocenters. The van der Waals surface area contributed by atoms with Gasteiger partial charge in [-0.2, -0.15) is 11.3 Å². The van der Waals surface area contributed by atoms with Crippen molar-refractivity contribution in [3.8, 4) is 22.3 Å². The van der Waals surface area contributed by atoms with Gasteiger partial charge in [0.1, 0.15) is 5.65 Å². The van der Waals surface area contributed by atoms with Gasteiger partial charge in [-0.25, -0.2) is 4.98 Å². The van der Waals surface area contributed by atoms with Gasteiger partial charge in [-0.1, -0.05) is 0 Å². The SMILES string of the molecule is c1cc(-c2c[nH]c3ncc(-c4ccsc4)cc23)co1. The first-order valence-electron chi connectivity index (χ1n) is 5.94. The molecular formula is C15H10N2OS. The predicted molar refractivity (Wildman–Crippen MR) is 77.1 cm³/mol. The monoisotopic (exact) mass is 266 g/mol. The fourth-order valence-corrected chi connectivity index (χ4v) is 2.91. The highest BCUT2D eigenvalue weighted by molar-refractivity contribution is 7.08. The number of hydrogen-bond donors (Lipinski definition) is 1. The van der Waals surface area contributed by atoms with E-state index in [1.165, 1.54) is 5.56 Å². The van der Waals surface area contributed by atoms with Crippen molar-refractivity contribution in [2.24, 2.45) is 0 Å². The van der Waals surface area contributed by atoms with Gasteiger partial charge in [0.05, 0.1) is 12.5 Å². The maximum Gasteiger partial charge on any atom is 0.137 e. The van der Waals surface area contributed by atoms with Gasteiger partial charge in [0.15, 0.2) is 0 Å². The number of aromatic nitrogens is 2. The molecule has 92 valence electrons. The van der Waals surface area contributed by atoms with E-state index in [1.807, 2.05) is 18.5 Å². The normalized spacial score (nSPS) is 11.2. The molecule has 4 aromatic heterocycles. The van der Waals surface area contributed by atoms with E-state index >= 15 is 0 Å². The standard InChI is InChI=1S/C15H10N2OS/c1-3-18-8-10(1)14-7-17-15-13(14)5-12(6-16-15)11-2-4-19-9-11/h1-9H,(H,16,17). The molecule has 0 amide bonds. The fourth-order valence-electron chi connectivity index (χ4n) is 2.25. The molecular weight excluding hydrogens is 256 g/mol. The molecule has 0 aromatic carbocycles. The molecule has 1 N–H and O–H groups in total. The number of rotatable bonds is 2. The maximum absolute atomic E-state index is 5.16. The summed E-state index contributed by atoms with van der Waals surface area (Å²) in [5, 5.41) is 5.32. The number of H-pyrrole nitrogens is 1. The van der Waals surface area contributed by atoms with Crippen molar-refractivity contribution >= 4 is 22.4 Å². The maximum atomic E-state index is 5.16. The smallest absolute Gasteiger partial charge is 0.137 e. The van der Waals surface area contributed by atoms with E-state index in [1.54, 1.807) is 23.9 Å². The van der Waals surface area contributed by atoms with Gasteiger partial charge in [0.2, 0.25) is 0 Å². The van der Waals surface area contributed by atoms with Gasteiger partial charge < -0.3 is 9.40 Å². The minimum Gasteiger partial charge on any atom is -0.472 e.